The molecule has 0 saturated carbocycles. The second-order valence-corrected chi connectivity index (χ2v) is 10.5. The third-order valence-corrected chi connectivity index (χ3v) is 7.99. The molecule has 3 N–H and O–H groups in total. The van der Waals surface area contributed by atoms with E-state index in [1.165, 1.54) is 19.2 Å². The van der Waals surface area contributed by atoms with Crippen LogP contribution in [0.3, 0.4) is 0 Å². The summed E-state index contributed by atoms with van der Waals surface area (Å²) >= 11 is 0. The monoisotopic (exact) mass is 615 g/mol. The van der Waals surface area contributed by atoms with Gasteiger partial charge in [0.2, 0.25) is 11.8 Å². The number of pyridine rings is 2. The number of aromatic nitrogens is 2. The van der Waals surface area contributed by atoms with Gasteiger partial charge in [-0.25, -0.2) is 4.98 Å². The summed E-state index contributed by atoms with van der Waals surface area (Å²) in [7, 11) is 1.25. The predicted octanol–water partition coefficient (Wildman–Crippen LogP) is 4.50. The summed E-state index contributed by atoms with van der Waals surface area (Å²) < 4.78 is 53.0. The second kappa shape index (κ2) is 13.9. The maximum Gasteiger partial charge on any atom is 0.421 e. The maximum absolute atomic E-state index is 14.1. The van der Waals surface area contributed by atoms with Crippen molar-refractivity contribution in [1.82, 2.24) is 14.9 Å². The summed E-state index contributed by atoms with van der Waals surface area (Å²) in [5.41, 5.74) is 7.84. The van der Waals surface area contributed by atoms with Gasteiger partial charge in [-0.05, 0) is 55.7 Å². The van der Waals surface area contributed by atoms with Gasteiger partial charge in [-0.1, -0.05) is 12.1 Å². The molecule has 1 spiro atoms. The SMILES string of the molecule is CCOc1ncccc1-c1ccc2c(n1)CN(C(=O)CCN)CC21CCN(c2cccc(OC)c2C(F)(F)F)CC1.O=CO. The number of halogens is 3. The molecule has 236 valence electrons. The van der Waals surface area contributed by atoms with Crippen molar-refractivity contribution in [3.63, 3.8) is 0 Å². The number of hydrogen-bond donors (Lipinski definition) is 2. The summed E-state index contributed by atoms with van der Waals surface area (Å²) in [5.74, 6) is 0.224. The van der Waals surface area contributed by atoms with Crippen LogP contribution in [-0.2, 0) is 27.7 Å². The molecule has 0 aliphatic carbocycles. The van der Waals surface area contributed by atoms with E-state index in [9.17, 15) is 18.0 Å². The number of nitrogens with zero attached hydrogens (tertiary/aromatic N) is 4. The summed E-state index contributed by atoms with van der Waals surface area (Å²) in [4.78, 5) is 34.3. The van der Waals surface area contributed by atoms with Crippen LogP contribution < -0.4 is 20.1 Å². The van der Waals surface area contributed by atoms with Crippen LogP contribution in [-0.4, -0.2) is 72.2 Å². The lowest BCUT2D eigenvalue weighted by atomic mass is 9.69. The number of anilines is 1. The Morgan fingerprint density at radius 2 is 1.89 bits per heavy atom. The van der Waals surface area contributed by atoms with Gasteiger partial charge in [-0.3, -0.25) is 14.6 Å². The fourth-order valence-corrected chi connectivity index (χ4v) is 6.08. The smallest absolute Gasteiger partial charge is 0.421 e. The molecule has 1 amide bonds. The van der Waals surface area contributed by atoms with Crippen molar-refractivity contribution in [1.29, 1.82) is 0 Å². The van der Waals surface area contributed by atoms with Crippen molar-refractivity contribution in [2.45, 2.75) is 44.3 Å². The van der Waals surface area contributed by atoms with Crippen molar-refractivity contribution in [3.8, 4) is 22.9 Å². The number of alkyl halides is 3. The number of ether oxygens (including phenoxy) is 2. The number of amides is 1. The first-order chi connectivity index (χ1) is 21.1. The Balaban J connectivity index is 0.00000141. The van der Waals surface area contributed by atoms with Gasteiger partial charge in [0.15, 0.2) is 0 Å². The largest absolute Gasteiger partial charge is 0.496 e. The van der Waals surface area contributed by atoms with Crippen molar-refractivity contribution >= 4 is 18.1 Å². The molecular weight excluding hydrogens is 579 g/mol. The minimum atomic E-state index is -4.56. The van der Waals surface area contributed by atoms with E-state index in [0.717, 1.165) is 16.8 Å². The molecule has 10 nitrogen and oxygen atoms in total. The van der Waals surface area contributed by atoms with Gasteiger partial charge in [0.25, 0.3) is 6.47 Å². The highest BCUT2D eigenvalue weighted by Gasteiger charge is 2.45. The number of carbonyl (C=O) groups is 2. The van der Waals surface area contributed by atoms with Gasteiger partial charge >= 0.3 is 6.18 Å². The molecule has 1 saturated heterocycles. The van der Waals surface area contributed by atoms with Crippen LogP contribution in [0.4, 0.5) is 18.9 Å². The van der Waals surface area contributed by atoms with Gasteiger partial charge in [-0.2, -0.15) is 13.2 Å². The average Bonchev–Trinajstić information content (AvgIpc) is 3.01. The minimum Gasteiger partial charge on any atom is -0.496 e. The van der Waals surface area contributed by atoms with Crippen LogP contribution in [0.1, 0.15) is 43.0 Å². The molecule has 3 aromatic rings. The van der Waals surface area contributed by atoms with E-state index in [1.54, 1.807) is 22.1 Å². The number of fused-ring (bicyclic) bond motifs is 2. The third kappa shape index (κ3) is 6.72. The molecule has 2 aliphatic heterocycles. The molecule has 44 heavy (non-hydrogen) atoms. The van der Waals surface area contributed by atoms with E-state index >= 15 is 0 Å². The van der Waals surface area contributed by atoms with Crippen LogP contribution in [0.25, 0.3) is 11.3 Å². The Labute approximate surface area is 253 Å². The molecule has 5 rings (SSSR count). The average molecular weight is 616 g/mol. The van der Waals surface area contributed by atoms with Crippen molar-refractivity contribution in [2.24, 2.45) is 5.73 Å². The molecule has 13 heteroatoms. The zero-order chi connectivity index (χ0) is 31.9. The number of nitrogens with two attached hydrogens (primary N) is 1. The van der Waals surface area contributed by atoms with Gasteiger partial charge in [0.1, 0.15) is 11.3 Å². The summed E-state index contributed by atoms with van der Waals surface area (Å²) in [6.07, 6.45) is -1.58. The van der Waals surface area contributed by atoms with Crippen molar-refractivity contribution in [3.05, 3.63) is 65.5 Å². The second-order valence-electron chi connectivity index (χ2n) is 10.5. The number of benzene rings is 1. The molecule has 4 heterocycles. The van der Waals surface area contributed by atoms with Crippen molar-refractivity contribution in [2.75, 3.05) is 44.8 Å². The number of rotatable bonds is 7. The Morgan fingerprint density at radius 3 is 2.52 bits per heavy atom. The Kier molecular flexibility index (Phi) is 10.3. The van der Waals surface area contributed by atoms with Crippen LogP contribution in [0.5, 0.6) is 11.6 Å². The molecular formula is C31H36F3N5O5. The Morgan fingerprint density at radius 1 is 1.16 bits per heavy atom. The molecule has 0 atom stereocenters. The van der Waals surface area contributed by atoms with E-state index < -0.39 is 17.2 Å². The van der Waals surface area contributed by atoms with Crippen LogP contribution in [0.2, 0.25) is 0 Å². The summed E-state index contributed by atoms with van der Waals surface area (Å²) in [6, 6.07) is 12.1. The summed E-state index contributed by atoms with van der Waals surface area (Å²) in [6.45, 7) is 3.90. The first-order valence-electron chi connectivity index (χ1n) is 14.3. The molecule has 1 fully saturated rings. The van der Waals surface area contributed by atoms with Gasteiger partial charge in [0.05, 0.1) is 42.9 Å². The Bertz CT molecular complexity index is 1460. The highest BCUT2D eigenvalue weighted by Crippen LogP contribution is 2.47. The van der Waals surface area contributed by atoms with E-state index in [1.807, 2.05) is 31.2 Å². The van der Waals surface area contributed by atoms with Gasteiger partial charge in [0, 0.05) is 44.2 Å². The topological polar surface area (TPSA) is 131 Å². The first kappa shape index (κ1) is 32.5. The number of carboxylic acid groups (broad SMARTS) is 1. The number of piperidine rings is 1. The lowest BCUT2D eigenvalue weighted by molar-refractivity contribution is -0.138. The first-order valence-corrected chi connectivity index (χ1v) is 14.3. The Hall–Kier alpha value is -4.39. The van der Waals surface area contributed by atoms with Gasteiger partial charge in [-0.15, -0.1) is 0 Å². The maximum atomic E-state index is 14.1. The van der Waals surface area contributed by atoms with Crippen LogP contribution >= 0.6 is 0 Å². The van der Waals surface area contributed by atoms with E-state index in [4.69, 9.17) is 30.1 Å². The molecule has 1 aromatic carbocycles. The van der Waals surface area contributed by atoms with E-state index in [2.05, 4.69) is 4.98 Å². The number of methoxy groups -OCH3 is 1. The molecule has 0 radical (unpaired) electrons. The summed E-state index contributed by atoms with van der Waals surface area (Å²) in [5, 5.41) is 6.89. The third-order valence-electron chi connectivity index (χ3n) is 7.99. The normalized spacial score (nSPS) is 15.6. The quantitative estimate of drug-likeness (QED) is 0.369. The van der Waals surface area contributed by atoms with E-state index in [-0.39, 0.29) is 36.8 Å². The van der Waals surface area contributed by atoms with Crippen LogP contribution in [0.15, 0.2) is 48.7 Å². The number of carbonyl (C=O) groups excluding carboxylic acids is 1. The standard InChI is InChI=1S/C30H34F3N5O3.CH2O2/c1-3-41-28-20(6-5-15-35-28)22-10-9-21-23(36-22)18-38(26(39)11-14-34)19-29(21)12-16-37(17-13-29)24-7-4-8-25(40-2)27(24)30(31,32)33;2-1-3/h4-10,15H,3,11-14,16-19,34H2,1-2H3;1H,(H,2,3). The van der Waals surface area contributed by atoms with E-state index in [0.29, 0.717) is 57.2 Å². The zero-order valence-corrected chi connectivity index (χ0v) is 24.6. The zero-order valence-electron chi connectivity index (χ0n) is 24.6. The van der Waals surface area contributed by atoms with Gasteiger partial charge < -0.3 is 30.1 Å². The predicted molar refractivity (Wildman–Crippen MR) is 158 cm³/mol. The fourth-order valence-electron chi connectivity index (χ4n) is 6.08. The molecule has 0 unspecified atom stereocenters. The molecule has 2 aliphatic rings. The number of hydrogen-bond acceptors (Lipinski definition) is 8. The molecule has 2 aromatic heterocycles. The minimum absolute atomic E-state index is 0.0595. The lowest BCUT2D eigenvalue weighted by Crippen LogP contribution is -2.54. The molecule has 0 bridgehead atoms. The fraction of sp³-hybridized carbons (Fsp3) is 0.419. The van der Waals surface area contributed by atoms with Crippen LogP contribution in [0, 0.1) is 0 Å². The highest BCUT2D eigenvalue weighted by molar-refractivity contribution is 5.77. The van der Waals surface area contributed by atoms with Crippen molar-refractivity contribution < 1.29 is 37.3 Å². The lowest BCUT2D eigenvalue weighted by Gasteiger charge is -2.49. The highest BCUT2D eigenvalue weighted by atomic mass is 19.4.